The van der Waals surface area contributed by atoms with Crippen molar-refractivity contribution in [3.63, 3.8) is 0 Å². The number of amidine groups is 1. The number of carbonyl (C=O) groups is 1. The molecule has 0 bridgehead atoms. The predicted molar refractivity (Wildman–Crippen MR) is 39.7 cm³/mol. The van der Waals surface area contributed by atoms with Crippen molar-refractivity contribution in [3.05, 3.63) is 0 Å². The Morgan fingerprint density at radius 2 is 1.33 bits per heavy atom. The van der Waals surface area contributed by atoms with Gasteiger partial charge in [-0.15, -0.1) is 0 Å². The molecule has 48 valence electrons. The molecular weight excluding hydrogens is 131 g/mol. The number of nitrogens with two attached hydrogens (primary N) is 1. The average Bonchev–Trinajstić information content (AvgIpc) is 1.25. The summed E-state index contributed by atoms with van der Waals surface area (Å²) in [5.74, 6) is 0.333. The Morgan fingerprint density at radius 3 is 1.33 bits per heavy atom. The van der Waals surface area contributed by atoms with Crippen LogP contribution in [0.15, 0.2) is 0 Å². The molecule has 9 heavy (non-hydrogen) atoms. The van der Waals surface area contributed by atoms with Crippen molar-refractivity contribution >= 4 is 29.0 Å². The Labute approximate surface area is 66.3 Å². The van der Waals surface area contributed by atoms with Gasteiger partial charge in [-0.2, -0.15) is 0 Å². The zero-order valence-electron chi connectivity index (χ0n) is 6.06. The van der Waals surface area contributed by atoms with Gasteiger partial charge in [0, 0.05) is 0 Å². The molecule has 0 aliphatic rings. The molecule has 0 aromatic rings. The van der Waals surface area contributed by atoms with Gasteiger partial charge in [-0.25, -0.2) is 0 Å². The Balaban J connectivity index is -0.0000000720. The maximum absolute atomic E-state index is 9.44. The van der Waals surface area contributed by atoms with Gasteiger partial charge in [-0.05, 0) is 20.8 Å². The van der Waals surface area contributed by atoms with Crippen molar-refractivity contribution in [3.8, 4) is 0 Å². The molecule has 0 fully saturated rings. The number of ketones is 1. The molecule has 0 amide bonds. The molecule has 0 aliphatic heterocycles. The minimum atomic E-state index is 0. The van der Waals surface area contributed by atoms with Gasteiger partial charge < -0.3 is 10.5 Å². The monoisotopic (exact) mass is 143 g/mol. The van der Waals surface area contributed by atoms with Crippen LogP contribution in [0.1, 0.15) is 20.8 Å². The van der Waals surface area contributed by atoms with Gasteiger partial charge in [-0.1, -0.05) is 0 Å². The maximum Gasteiger partial charge on any atom is 3.00 e. The smallest absolute Gasteiger partial charge is 0.388 e. The first kappa shape index (κ1) is 15.9. The SMILES string of the molecule is CC(=N)N.CC(C)=O.[Al+3]. The fourth-order valence-electron chi connectivity index (χ4n) is 0. The third kappa shape index (κ3) is 2300. The van der Waals surface area contributed by atoms with E-state index in [-0.39, 0.29) is 29.0 Å². The third-order valence-electron chi connectivity index (χ3n) is 0. The third-order valence-corrected chi connectivity index (χ3v) is 0. The van der Waals surface area contributed by atoms with Crippen LogP contribution < -0.4 is 5.73 Å². The van der Waals surface area contributed by atoms with Crippen molar-refractivity contribution < 1.29 is 4.79 Å². The maximum atomic E-state index is 9.44. The Hall–Kier alpha value is -0.328. The van der Waals surface area contributed by atoms with Crippen LogP contribution in [0.3, 0.4) is 0 Å². The van der Waals surface area contributed by atoms with Crippen LogP contribution in [-0.2, 0) is 4.79 Å². The molecule has 3 nitrogen and oxygen atoms in total. The zero-order chi connectivity index (χ0) is 7.15. The summed E-state index contributed by atoms with van der Waals surface area (Å²) in [6.45, 7) is 4.58. The van der Waals surface area contributed by atoms with E-state index in [1.165, 1.54) is 20.8 Å². The molecule has 0 saturated heterocycles. The summed E-state index contributed by atoms with van der Waals surface area (Å²) in [5, 5.41) is 6.28. The van der Waals surface area contributed by atoms with Crippen molar-refractivity contribution in [1.82, 2.24) is 0 Å². The molecule has 4 heteroatoms. The molecule has 0 aromatic carbocycles. The van der Waals surface area contributed by atoms with Crippen molar-refractivity contribution in [2.45, 2.75) is 20.8 Å². The summed E-state index contributed by atoms with van der Waals surface area (Å²) >= 11 is 0. The summed E-state index contributed by atoms with van der Waals surface area (Å²) in [7, 11) is 0. The minimum Gasteiger partial charge on any atom is -0.388 e. The normalized spacial score (nSPS) is 5.67. The van der Waals surface area contributed by atoms with E-state index in [1.807, 2.05) is 0 Å². The molecule has 0 unspecified atom stereocenters. The van der Waals surface area contributed by atoms with E-state index >= 15 is 0 Å². The van der Waals surface area contributed by atoms with Crippen LogP contribution in [0.4, 0.5) is 0 Å². The van der Waals surface area contributed by atoms with Crippen LogP contribution >= 0.6 is 0 Å². The number of hydrogen-bond donors (Lipinski definition) is 2. The fraction of sp³-hybridized carbons (Fsp3) is 0.600. The number of rotatable bonds is 0. The van der Waals surface area contributed by atoms with E-state index in [1.54, 1.807) is 0 Å². The zero-order valence-corrected chi connectivity index (χ0v) is 7.22. The van der Waals surface area contributed by atoms with Crippen LogP contribution in [0.25, 0.3) is 0 Å². The Morgan fingerprint density at radius 1 is 1.33 bits per heavy atom. The molecule has 0 atom stereocenters. The quantitative estimate of drug-likeness (QED) is 0.288. The molecule has 0 aromatic heterocycles. The largest absolute Gasteiger partial charge is 3.00 e. The van der Waals surface area contributed by atoms with Crippen LogP contribution in [-0.4, -0.2) is 29.0 Å². The Bertz CT molecular complexity index is 73.0. The van der Waals surface area contributed by atoms with Gasteiger partial charge in [0.25, 0.3) is 0 Å². The van der Waals surface area contributed by atoms with Crippen LogP contribution in [0.5, 0.6) is 0 Å². The van der Waals surface area contributed by atoms with Crippen molar-refractivity contribution in [2.24, 2.45) is 5.73 Å². The minimum absolute atomic E-state index is 0. The van der Waals surface area contributed by atoms with Gasteiger partial charge in [0.1, 0.15) is 5.78 Å². The van der Waals surface area contributed by atoms with Crippen LogP contribution in [0, 0.1) is 5.41 Å². The van der Waals surface area contributed by atoms with Crippen molar-refractivity contribution in [2.75, 3.05) is 0 Å². The second-order valence-electron chi connectivity index (χ2n) is 1.59. The Kier molecular flexibility index (Phi) is 18.7. The summed E-state index contributed by atoms with van der Waals surface area (Å²) in [5.41, 5.74) is 4.69. The molecular formula is C5H12AlN2O+3. The van der Waals surface area contributed by atoms with Gasteiger partial charge in [-0.3, -0.25) is 5.41 Å². The number of hydrogen-bond acceptors (Lipinski definition) is 2. The molecule has 0 heterocycles. The van der Waals surface area contributed by atoms with E-state index < -0.39 is 0 Å². The second-order valence-corrected chi connectivity index (χ2v) is 1.59. The molecule has 3 N–H and O–H groups in total. The summed E-state index contributed by atoms with van der Waals surface area (Å²) in [6, 6.07) is 0. The first-order chi connectivity index (χ1) is 3.46. The van der Waals surface area contributed by atoms with Gasteiger partial charge in [0.05, 0.1) is 5.84 Å². The van der Waals surface area contributed by atoms with E-state index in [0.717, 1.165) is 0 Å². The number of nitrogens with one attached hydrogen (secondary N) is 1. The summed E-state index contributed by atoms with van der Waals surface area (Å²) in [4.78, 5) is 9.44. The van der Waals surface area contributed by atoms with E-state index in [2.05, 4.69) is 0 Å². The first-order valence-electron chi connectivity index (χ1n) is 2.24. The molecule has 0 spiro atoms. The molecule has 0 saturated carbocycles. The fourth-order valence-corrected chi connectivity index (χ4v) is 0. The molecule has 0 aliphatic carbocycles. The van der Waals surface area contributed by atoms with Gasteiger partial charge in [0.15, 0.2) is 0 Å². The van der Waals surface area contributed by atoms with E-state index in [0.29, 0.717) is 0 Å². The van der Waals surface area contributed by atoms with Gasteiger partial charge >= 0.3 is 17.4 Å². The topological polar surface area (TPSA) is 66.9 Å². The predicted octanol–water partition coefficient (Wildman–Crippen LogP) is 0.157. The second kappa shape index (κ2) is 10.6. The molecule has 0 rings (SSSR count). The van der Waals surface area contributed by atoms with E-state index in [4.69, 9.17) is 11.1 Å². The van der Waals surface area contributed by atoms with E-state index in [9.17, 15) is 4.79 Å². The standard InChI is InChI=1S/C3H6O.C2H6N2.Al/c1-3(2)4;1-2(3)4;/h1-2H3;1H3,(H3,3,4);/q;;+3. The first-order valence-corrected chi connectivity index (χ1v) is 2.24. The number of carbonyl (C=O) groups excluding carboxylic acids is 1. The average molecular weight is 143 g/mol. The number of Topliss-reactive ketones (excluding diaryl/α,β-unsaturated/α-hetero) is 1. The molecule has 0 radical (unpaired) electrons. The summed E-state index contributed by atoms with van der Waals surface area (Å²) in [6.07, 6.45) is 0. The summed E-state index contributed by atoms with van der Waals surface area (Å²) < 4.78 is 0. The van der Waals surface area contributed by atoms with Crippen LogP contribution in [0.2, 0.25) is 0 Å². The van der Waals surface area contributed by atoms with Gasteiger partial charge in [0.2, 0.25) is 0 Å². The van der Waals surface area contributed by atoms with Crippen molar-refractivity contribution in [1.29, 1.82) is 5.41 Å².